The first-order chi connectivity index (χ1) is 23.4. The first-order valence-corrected chi connectivity index (χ1v) is 18.2. The quantitative estimate of drug-likeness (QED) is 0.161. The molecule has 1 aromatic heterocycles. The highest BCUT2D eigenvalue weighted by Gasteiger charge is 2.47. The van der Waals surface area contributed by atoms with Gasteiger partial charge in [-0.15, -0.1) is 0 Å². The van der Waals surface area contributed by atoms with Crippen LogP contribution in [-0.2, 0) is 41.8 Å². The van der Waals surface area contributed by atoms with E-state index in [1.807, 2.05) is 72.8 Å². The summed E-state index contributed by atoms with van der Waals surface area (Å²) in [6.45, 7) is 1.77. The summed E-state index contributed by atoms with van der Waals surface area (Å²) in [4.78, 5) is 56.8. The van der Waals surface area contributed by atoms with Gasteiger partial charge in [0.15, 0.2) is 6.10 Å². The van der Waals surface area contributed by atoms with Gasteiger partial charge in [0.2, 0.25) is 11.8 Å². The van der Waals surface area contributed by atoms with E-state index in [9.17, 15) is 27.6 Å². The molecule has 1 fully saturated rings. The van der Waals surface area contributed by atoms with Gasteiger partial charge in [0.1, 0.15) is 21.6 Å². The summed E-state index contributed by atoms with van der Waals surface area (Å²) in [5, 5.41) is 8.70. The second kappa shape index (κ2) is 16.0. The second-order valence-electron chi connectivity index (χ2n) is 12.5. The Labute approximate surface area is 285 Å². The van der Waals surface area contributed by atoms with Crippen molar-refractivity contribution in [1.82, 2.24) is 20.9 Å². The normalized spacial score (nSPS) is 17.3. The molecule has 256 valence electrons. The summed E-state index contributed by atoms with van der Waals surface area (Å²) in [6, 6.07) is 27.6. The van der Waals surface area contributed by atoms with Crippen molar-refractivity contribution in [3.63, 3.8) is 0 Å². The average Bonchev–Trinajstić information content (AvgIpc) is 3.86. The van der Waals surface area contributed by atoms with E-state index in [4.69, 9.17) is 4.74 Å². The topological polar surface area (TPSA) is 164 Å². The van der Waals surface area contributed by atoms with E-state index < -0.39 is 63.5 Å². The van der Waals surface area contributed by atoms with E-state index in [2.05, 4.69) is 20.9 Å². The highest BCUT2D eigenvalue weighted by atomic mass is 32.2. The van der Waals surface area contributed by atoms with Crippen LogP contribution in [0.3, 0.4) is 0 Å². The van der Waals surface area contributed by atoms with Crippen molar-refractivity contribution in [3.05, 3.63) is 114 Å². The first-order valence-electron chi connectivity index (χ1n) is 16.2. The van der Waals surface area contributed by atoms with E-state index in [-0.39, 0.29) is 18.0 Å². The third-order valence-corrected chi connectivity index (χ3v) is 9.29. The molecule has 3 N–H and O–H groups in total. The van der Waals surface area contributed by atoms with Gasteiger partial charge in [-0.05, 0) is 48.9 Å². The lowest BCUT2D eigenvalue weighted by Gasteiger charge is -2.23. The summed E-state index contributed by atoms with van der Waals surface area (Å²) in [5.74, 6) is -3.35. The number of pyridine rings is 1. The molecule has 0 bridgehead atoms. The molecular formula is C37H40N4O7S. The number of fused-ring (bicyclic) bond motifs is 1. The van der Waals surface area contributed by atoms with Crippen molar-refractivity contribution < 1.29 is 32.3 Å². The number of nitrogens with one attached hydrogen (secondary N) is 3. The molecule has 1 saturated heterocycles. The molecule has 4 amide bonds. The fourth-order valence-electron chi connectivity index (χ4n) is 5.61. The molecule has 49 heavy (non-hydrogen) atoms. The summed E-state index contributed by atoms with van der Waals surface area (Å²) in [5.41, 5.74) is 2.61. The molecule has 4 aromatic rings. The van der Waals surface area contributed by atoms with Crippen molar-refractivity contribution >= 4 is 44.4 Å². The number of amides is 4. The van der Waals surface area contributed by atoms with Crippen molar-refractivity contribution in [2.24, 2.45) is 5.92 Å². The van der Waals surface area contributed by atoms with Gasteiger partial charge < -0.3 is 15.4 Å². The lowest BCUT2D eigenvalue weighted by molar-refractivity contribution is -0.133. The molecule has 0 saturated carbocycles. The van der Waals surface area contributed by atoms with Crippen LogP contribution >= 0.6 is 0 Å². The monoisotopic (exact) mass is 684 g/mol. The predicted molar refractivity (Wildman–Crippen MR) is 185 cm³/mol. The number of sulfone groups is 1. The van der Waals surface area contributed by atoms with Crippen LogP contribution in [0.25, 0.3) is 10.9 Å². The summed E-state index contributed by atoms with van der Waals surface area (Å²) in [7, 11) is -3.70. The minimum absolute atomic E-state index is 0.0370. The highest BCUT2D eigenvalue weighted by molar-refractivity contribution is 7.90. The number of benzene rings is 3. The van der Waals surface area contributed by atoms with E-state index in [0.717, 1.165) is 22.8 Å². The van der Waals surface area contributed by atoms with Crippen molar-refractivity contribution in [2.75, 3.05) is 12.0 Å². The minimum Gasteiger partial charge on any atom is -0.359 e. The molecule has 1 aliphatic heterocycles. The molecule has 11 nitrogen and oxygen atoms in total. The van der Waals surface area contributed by atoms with Gasteiger partial charge in [0.05, 0.1) is 17.4 Å². The number of para-hydroxylation sites is 1. The fraction of sp³-hybridized carbons (Fsp3) is 0.324. The molecule has 1 aliphatic rings. The molecule has 0 aliphatic carbocycles. The average molecular weight is 685 g/mol. The minimum atomic E-state index is -3.70. The zero-order chi connectivity index (χ0) is 35.0. The molecule has 0 radical (unpaired) electrons. The van der Waals surface area contributed by atoms with Gasteiger partial charge in [0, 0.05) is 23.6 Å². The van der Waals surface area contributed by atoms with Crippen molar-refractivity contribution in [2.45, 2.75) is 56.9 Å². The first kappa shape index (κ1) is 35.4. The van der Waals surface area contributed by atoms with Crippen LogP contribution in [0.5, 0.6) is 0 Å². The number of nitrogens with zero attached hydrogens (tertiary/aromatic N) is 1. The van der Waals surface area contributed by atoms with E-state index >= 15 is 0 Å². The third kappa shape index (κ3) is 10.5. The standard InChI is InChI=1S/C37H40N4O7S/c1-24(17-18-25-11-5-3-6-12-25)34(42)41-37(45)33-32(48-33)22-28(21-26-13-7-4-8-14-26)38-36(44)31(23-49(2,46)47)40-35(43)30-20-19-27-15-9-10-16-29(27)39-30/h3-16,19-20,24,28,31-33H,17-18,21-23H2,1-2H3,(H,38,44)(H,40,43)(H,41,42,45)/t24-,28-,31-,32?,33-/m0/s1. The predicted octanol–water partition coefficient (Wildman–Crippen LogP) is 3.17. The number of rotatable bonds is 15. The number of carbonyl (C=O) groups excluding carboxylic acids is 4. The van der Waals surface area contributed by atoms with E-state index in [1.54, 1.807) is 25.1 Å². The Morgan fingerprint density at radius 3 is 2.16 bits per heavy atom. The number of hydrogen-bond acceptors (Lipinski definition) is 8. The van der Waals surface area contributed by atoms with Crippen LogP contribution in [-0.4, -0.2) is 73.3 Å². The Bertz CT molecular complexity index is 1900. The van der Waals surface area contributed by atoms with E-state index in [0.29, 0.717) is 24.8 Å². The van der Waals surface area contributed by atoms with Gasteiger partial charge >= 0.3 is 0 Å². The molecule has 5 rings (SSSR count). The third-order valence-electron chi connectivity index (χ3n) is 8.35. The Morgan fingerprint density at radius 2 is 1.47 bits per heavy atom. The Morgan fingerprint density at radius 1 is 0.816 bits per heavy atom. The highest BCUT2D eigenvalue weighted by Crippen LogP contribution is 2.28. The summed E-state index contributed by atoms with van der Waals surface area (Å²) < 4.78 is 30.3. The molecule has 3 aromatic carbocycles. The number of carbonyl (C=O) groups is 4. The van der Waals surface area contributed by atoms with Crippen LogP contribution in [0.4, 0.5) is 0 Å². The summed E-state index contributed by atoms with van der Waals surface area (Å²) >= 11 is 0. The van der Waals surface area contributed by atoms with Crippen molar-refractivity contribution in [3.8, 4) is 0 Å². The van der Waals surface area contributed by atoms with Crippen LogP contribution < -0.4 is 16.0 Å². The maximum Gasteiger partial charge on any atom is 0.270 e. The lowest BCUT2D eigenvalue weighted by Crippen LogP contribution is -2.53. The van der Waals surface area contributed by atoms with Gasteiger partial charge in [-0.25, -0.2) is 13.4 Å². The van der Waals surface area contributed by atoms with E-state index in [1.165, 1.54) is 6.07 Å². The van der Waals surface area contributed by atoms with Gasteiger partial charge in [-0.3, -0.25) is 24.5 Å². The number of aryl methyl sites for hydroxylation is 1. The maximum atomic E-state index is 13.6. The van der Waals surface area contributed by atoms with Crippen LogP contribution in [0, 0.1) is 5.92 Å². The van der Waals surface area contributed by atoms with Crippen LogP contribution in [0.1, 0.15) is 41.4 Å². The number of ether oxygens (including phenoxy) is 1. The van der Waals surface area contributed by atoms with Crippen LogP contribution in [0.2, 0.25) is 0 Å². The van der Waals surface area contributed by atoms with Crippen LogP contribution in [0.15, 0.2) is 97.1 Å². The lowest BCUT2D eigenvalue weighted by atomic mass is 9.99. The second-order valence-corrected chi connectivity index (χ2v) is 14.7. The fourth-order valence-corrected chi connectivity index (χ4v) is 6.45. The van der Waals surface area contributed by atoms with Gasteiger partial charge in [-0.1, -0.05) is 91.9 Å². The Balaban J connectivity index is 1.22. The smallest absolute Gasteiger partial charge is 0.270 e. The number of aromatic nitrogens is 1. The zero-order valence-corrected chi connectivity index (χ0v) is 28.2. The van der Waals surface area contributed by atoms with Gasteiger partial charge in [0.25, 0.3) is 11.8 Å². The Kier molecular flexibility index (Phi) is 11.5. The molecule has 5 atom stereocenters. The SMILES string of the molecule is C[C@@H](CCc1ccccc1)C(=O)NC(=O)[C@H]1OC1C[C@H](Cc1ccccc1)NC(=O)[C@H](CS(C)(=O)=O)NC(=O)c1ccc2ccccc2n1. The molecule has 2 heterocycles. The largest absolute Gasteiger partial charge is 0.359 e. The molecule has 0 spiro atoms. The zero-order valence-electron chi connectivity index (χ0n) is 27.4. The number of epoxide rings is 1. The molecular weight excluding hydrogens is 644 g/mol. The number of imide groups is 1. The molecule has 12 heteroatoms. The summed E-state index contributed by atoms with van der Waals surface area (Å²) in [6.07, 6.45) is 1.37. The number of hydrogen-bond donors (Lipinski definition) is 3. The Hall–Kier alpha value is -4.94. The van der Waals surface area contributed by atoms with Gasteiger partial charge in [-0.2, -0.15) is 0 Å². The molecule has 1 unspecified atom stereocenters. The maximum absolute atomic E-state index is 13.6. The van der Waals surface area contributed by atoms with Crippen molar-refractivity contribution in [1.29, 1.82) is 0 Å².